The maximum Gasteiger partial charge on any atom is 0.337 e. The molecule has 116 valence electrons. The molecule has 0 radical (unpaired) electrons. The third-order valence-corrected chi connectivity index (χ3v) is 3.19. The van der Waals surface area contributed by atoms with E-state index in [1.165, 1.54) is 7.11 Å². The first-order chi connectivity index (χ1) is 10.4. The van der Waals surface area contributed by atoms with Gasteiger partial charge in [0.25, 0.3) is 5.91 Å². The lowest BCUT2D eigenvalue weighted by Crippen LogP contribution is -2.14. The van der Waals surface area contributed by atoms with Crippen LogP contribution in [0.5, 0.6) is 0 Å². The predicted molar refractivity (Wildman–Crippen MR) is 83.1 cm³/mol. The molecule has 0 unspecified atom stereocenters. The van der Waals surface area contributed by atoms with E-state index < -0.39 is 5.97 Å². The molecule has 2 aromatic rings. The number of aryl methyl sites for hydroxylation is 1. The summed E-state index contributed by atoms with van der Waals surface area (Å²) in [6, 6.07) is 8.50. The van der Waals surface area contributed by atoms with Crippen LogP contribution in [0.25, 0.3) is 0 Å². The number of hydrogen-bond acceptors (Lipinski definition) is 4. The van der Waals surface area contributed by atoms with Gasteiger partial charge >= 0.3 is 5.97 Å². The molecule has 0 aliphatic carbocycles. The number of hydrogen-bond donors (Lipinski definition) is 1. The van der Waals surface area contributed by atoms with E-state index in [9.17, 15) is 9.59 Å². The summed E-state index contributed by atoms with van der Waals surface area (Å²) in [7, 11) is 1.31. The van der Waals surface area contributed by atoms with Gasteiger partial charge in [0.2, 0.25) is 0 Å². The molecule has 1 aromatic heterocycles. The van der Waals surface area contributed by atoms with E-state index in [4.69, 9.17) is 0 Å². The van der Waals surface area contributed by atoms with Gasteiger partial charge in [0.1, 0.15) is 0 Å². The molecule has 0 aliphatic rings. The van der Waals surface area contributed by atoms with Gasteiger partial charge < -0.3 is 10.1 Å². The second-order valence-corrected chi connectivity index (χ2v) is 5.24. The van der Waals surface area contributed by atoms with Gasteiger partial charge in [0.15, 0.2) is 5.69 Å². The number of nitrogens with one attached hydrogen (secondary N) is 1. The number of nitrogens with zero attached hydrogens (tertiary/aromatic N) is 2. The van der Waals surface area contributed by atoms with E-state index in [-0.39, 0.29) is 11.9 Å². The summed E-state index contributed by atoms with van der Waals surface area (Å²) >= 11 is 0. The van der Waals surface area contributed by atoms with Gasteiger partial charge in [-0.1, -0.05) is 6.07 Å². The highest BCUT2D eigenvalue weighted by Crippen LogP contribution is 2.15. The molecular weight excluding hydrogens is 282 g/mol. The number of esters is 1. The fourth-order valence-corrected chi connectivity index (χ4v) is 2.16. The fourth-order valence-electron chi connectivity index (χ4n) is 2.16. The molecule has 0 saturated carbocycles. The van der Waals surface area contributed by atoms with E-state index >= 15 is 0 Å². The Labute approximate surface area is 129 Å². The molecule has 0 atom stereocenters. The first-order valence-electron chi connectivity index (χ1n) is 6.98. The minimum Gasteiger partial charge on any atom is -0.465 e. The second kappa shape index (κ2) is 6.43. The van der Waals surface area contributed by atoms with Gasteiger partial charge in [-0.25, -0.2) is 4.79 Å². The molecule has 1 aromatic carbocycles. The monoisotopic (exact) mass is 301 g/mol. The number of carbonyl (C=O) groups is 2. The smallest absolute Gasteiger partial charge is 0.337 e. The normalized spacial score (nSPS) is 10.6. The lowest BCUT2D eigenvalue weighted by atomic mass is 10.2. The van der Waals surface area contributed by atoms with Crippen molar-refractivity contribution in [3.63, 3.8) is 0 Å². The Kier molecular flexibility index (Phi) is 4.60. The van der Waals surface area contributed by atoms with Gasteiger partial charge in [0.05, 0.1) is 12.7 Å². The third kappa shape index (κ3) is 3.33. The van der Waals surface area contributed by atoms with Crippen LogP contribution in [-0.4, -0.2) is 28.8 Å². The highest BCUT2D eigenvalue weighted by Gasteiger charge is 2.14. The van der Waals surface area contributed by atoms with Crippen LogP contribution in [0.15, 0.2) is 30.3 Å². The van der Waals surface area contributed by atoms with Crippen LogP contribution in [0.4, 0.5) is 5.69 Å². The fraction of sp³-hybridized carbons (Fsp3) is 0.312. The molecule has 0 fully saturated rings. The second-order valence-electron chi connectivity index (χ2n) is 5.24. The van der Waals surface area contributed by atoms with Gasteiger partial charge in [-0.15, -0.1) is 0 Å². The number of aromatic nitrogens is 2. The van der Waals surface area contributed by atoms with Crippen LogP contribution in [0.2, 0.25) is 0 Å². The summed E-state index contributed by atoms with van der Waals surface area (Å²) in [5.74, 6) is -0.763. The number of methoxy groups -OCH3 is 1. The SMILES string of the molecule is COC(=O)c1cccc(NC(=O)c2cc(C)n(C(C)C)n2)c1. The van der Waals surface area contributed by atoms with Crippen molar-refractivity contribution in [2.24, 2.45) is 0 Å². The summed E-state index contributed by atoms with van der Waals surface area (Å²) < 4.78 is 6.45. The van der Waals surface area contributed by atoms with Gasteiger partial charge in [0, 0.05) is 17.4 Å². The van der Waals surface area contributed by atoms with Gasteiger partial charge in [-0.2, -0.15) is 5.10 Å². The van der Waals surface area contributed by atoms with Crippen molar-refractivity contribution in [2.45, 2.75) is 26.8 Å². The quantitative estimate of drug-likeness (QED) is 0.881. The van der Waals surface area contributed by atoms with Crippen molar-refractivity contribution < 1.29 is 14.3 Å². The average Bonchev–Trinajstić information content (AvgIpc) is 2.89. The zero-order chi connectivity index (χ0) is 16.3. The van der Waals surface area contributed by atoms with Crippen molar-refractivity contribution in [1.82, 2.24) is 9.78 Å². The Morgan fingerprint density at radius 1 is 1.27 bits per heavy atom. The van der Waals surface area contributed by atoms with E-state index in [0.29, 0.717) is 16.9 Å². The number of rotatable bonds is 4. The van der Waals surface area contributed by atoms with Crippen molar-refractivity contribution in [3.8, 4) is 0 Å². The van der Waals surface area contributed by atoms with Crippen molar-refractivity contribution in [1.29, 1.82) is 0 Å². The number of ether oxygens (including phenoxy) is 1. The van der Waals surface area contributed by atoms with Crippen LogP contribution in [0, 0.1) is 6.92 Å². The van der Waals surface area contributed by atoms with E-state index in [1.807, 2.05) is 20.8 Å². The molecular formula is C16H19N3O3. The summed E-state index contributed by atoms with van der Waals surface area (Å²) in [6.45, 7) is 5.91. The molecule has 0 saturated heterocycles. The number of benzene rings is 1. The maximum absolute atomic E-state index is 12.2. The molecule has 2 rings (SSSR count). The Morgan fingerprint density at radius 2 is 2.00 bits per heavy atom. The molecule has 22 heavy (non-hydrogen) atoms. The standard InChI is InChI=1S/C16H19N3O3/c1-10(2)19-11(3)8-14(18-19)15(20)17-13-7-5-6-12(9-13)16(21)22-4/h5-10H,1-4H3,(H,17,20). The lowest BCUT2D eigenvalue weighted by molar-refractivity contribution is 0.0600. The Bertz CT molecular complexity index is 704. The summed E-state index contributed by atoms with van der Waals surface area (Å²) in [6.07, 6.45) is 0. The van der Waals surface area contributed by atoms with E-state index in [1.54, 1.807) is 35.0 Å². The van der Waals surface area contributed by atoms with Crippen LogP contribution >= 0.6 is 0 Å². The van der Waals surface area contributed by atoms with Crippen molar-refractivity contribution in [3.05, 3.63) is 47.3 Å². The topological polar surface area (TPSA) is 73.2 Å². The zero-order valence-corrected chi connectivity index (χ0v) is 13.1. The highest BCUT2D eigenvalue weighted by molar-refractivity contribution is 6.03. The maximum atomic E-state index is 12.2. The molecule has 1 N–H and O–H groups in total. The van der Waals surface area contributed by atoms with E-state index in [2.05, 4.69) is 15.2 Å². The molecule has 6 nitrogen and oxygen atoms in total. The summed E-state index contributed by atoms with van der Waals surface area (Å²) in [5.41, 5.74) is 2.16. The van der Waals surface area contributed by atoms with Gasteiger partial charge in [-0.3, -0.25) is 9.48 Å². The van der Waals surface area contributed by atoms with Crippen LogP contribution in [0.3, 0.4) is 0 Å². The number of carbonyl (C=O) groups excluding carboxylic acids is 2. The summed E-state index contributed by atoms with van der Waals surface area (Å²) in [4.78, 5) is 23.7. The molecule has 6 heteroatoms. The Morgan fingerprint density at radius 3 is 2.59 bits per heavy atom. The van der Waals surface area contributed by atoms with Gasteiger partial charge in [-0.05, 0) is 45.0 Å². The minimum atomic E-state index is -0.448. The summed E-state index contributed by atoms with van der Waals surface area (Å²) in [5, 5.41) is 7.03. The molecule has 0 aliphatic heterocycles. The van der Waals surface area contributed by atoms with E-state index in [0.717, 1.165) is 5.69 Å². The third-order valence-electron chi connectivity index (χ3n) is 3.19. The first-order valence-corrected chi connectivity index (χ1v) is 6.98. The Balaban J connectivity index is 2.18. The average molecular weight is 301 g/mol. The Hall–Kier alpha value is -2.63. The van der Waals surface area contributed by atoms with Crippen LogP contribution in [-0.2, 0) is 4.74 Å². The number of anilines is 1. The zero-order valence-electron chi connectivity index (χ0n) is 13.1. The van der Waals surface area contributed by atoms with Crippen molar-refractivity contribution in [2.75, 3.05) is 12.4 Å². The van der Waals surface area contributed by atoms with Crippen LogP contribution in [0.1, 0.15) is 46.4 Å². The van der Waals surface area contributed by atoms with Crippen LogP contribution < -0.4 is 5.32 Å². The largest absolute Gasteiger partial charge is 0.465 e. The lowest BCUT2D eigenvalue weighted by Gasteiger charge is -2.07. The predicted octanol–water partition coefficient (Wildman–Crippen LogP) is 2.81. The van der Waals surface area contributed by atoms with Crippen molar-refractivity contribution >= 4 is 17.6 Å². The molecule has 0 spiro atoms. The molecule has 0 bridgehead atoms. The highest BCUT2D eigenvalue weighted by atomic mass is 16.5. The number of amides is 1. The molecule has 1 heterocycles. The molecule has 1 amide bonds. The minimum absolute atomic E-state index is 0.184. The first kappa shape index (κ1) is 15.8.